The number of sulfonamides is 1. The fourth-order valence-corrected chi connectivity index (χ4v) is 6.32. The Balaban J connectivity index is 1.19. The molecule has 0 radical (unpaired) electrons. The van der Waals surface area contributed by atoms with Crippen molar-refractivity contribution in [2.24, 2.45) is 5.92 Å². The molecule has 1 aliphatic carbocycles. The number of halogens is 1. The van der Waals surface area contributed by atoms with Gasteiger partial charge in [-0.3, -0.25) is 4.79 Å². The molecule has 5 rings (SSSR count). The van der Waals surface area contributed by atoms with E-state index in [-0.39, 0.29) is 34.6 Å². The van der Waals surface area contributed by atoms with Crippen molar-refractivity contribution < 1.29 is 17.6 Å². The van der Waals surface area contributed by atoms with Crippen molar-refractivity contribution in [1.82, 2.24) is 15.0 Å². The van der Waals surface area contributed by atoms with Crippen LogP contribution in [0.15, 0.2) is 83.8 Å². The number of nitrogens with one attached hydrogen (secondary N) is 3. The summed E-state index contributed by atoms with van der Waals surface area (Å²) in [4.78, 5) is 16.3. The first-order valence-corrected chi connectivity index (χ1v) is 14.0. The van der Waals surface area contributed by atoms with E-state index in [1.807, 2.05) is 43.3 Å². The second-order valence-corrected chi connectivity index (χ2v) is 11.5. The van der Waals surface area contributed by atoms with E-state index in [9.17, 15) is 17.6 Å². The van der Waals surface area contributed by atoms with Gasteiger partial charge in [-0.1, -0.05) is 42.5 Å². The van der Waals surface area contributed by atoms with Gasteiger partial charge in [-0.25, -0.2) is 17.5 Å². The highest BCUT2D eigenvalue weighted by Crippen LogP contribution is 2.29. The number of carbonyl (C=O) groups is 1. The van der Waals surface area contributed by atoms with Crippen LogP contribution < -0.4 is 10.0 Å². The number of hydrogen-bond acceptors (Lipinski definition) is 3. The van der Waals surface area contributed by atoms with E-state index >= 15 is 0 Å². The van der Waals surface area contributed by atoms with Crippen molar-refractivity contribution in [2.75, 3.05) is 0 Å². The van der Waals surface area contributed by atoms with E-state index in [0.717, 1.165) is 27.7 Å². The molecule has 1 aromatic heterocycles. The van der Waals surface area contributed by atoms with Gasteiger partial charge < -0.3 is 10.3 Å². The number of amides is 1. The van der Waals surface area contributed by atoms with E-state index in [2.05, 4.69) is 15.0 Å². The molecule has 1 saturated carbocycles. The topological polar surface area (TPSA) is 91.1 Å². The van der Waals surface area contributed by atoms with E-state index in [1.165, 1.54) is 12.1 Å². The van der Waals surface area contributed by atoms with Crippen molar-refractivity contribution in [1.29, 1.82) is 0 Å². The quantitative estimate of drug-likeness (QED) is 0.293. The molecule has 1 aliphatic rings. The SMILES string of the molecule is C[C@@H](NC(=O)[C@H]1CC[C@H](NS(=O)(=O)c2ccc3[nH]c(-c4ccccc4)cc3c2)CC1)c1ccc(F)cc1. The van der Waals surface area contributed by atoms with Gasteiger partial charge in [-0.2, -0.15) is 0 Å². The average Bonchev–Trinajstić information content (AvgIpc) is 3.33. The summed E-state index contributed by atoms with van der Waals surface area (Å²) in [6, 6.07) is 22.6. The van der Waals surface area contributed by atoms with Crippen molar-refractivity contribution in [3.63, 3.8) is 0 Å². The summed E-state index contributed by atoms with van der Waals surface area (Å²) in [6.45, 7) is 1.87. The van der Waals surface area contributed by atoms with Crippen LogP contribution in [0.3, 0.4) is 0 Å². The lowest BCUT2D eigenvalue weighted by Gasteiger charge is -2.29. The predicted molar refractivity (Wildman–Crippen MR) is 143 cm³/mol. The number of H-pyrrole nitrogens is 1. The highest BCUT2D eigenvalue weighted by atomic mass is 32.2. The molecule has 0 saturated heterocycles. The number of rotatable bonds is 7. The molecule has 0 bridgehead atoms. The number of carbonyl (C=O) groups excluding carboxylic acids is 1. The van der Waals surface area contributed by atoms with Crippen LogP contribution in [0.4, 0.5) is 4.39 Å². The van der Waals surface area contributed by atoms with Gasteiger partial charge in [-0.05, 0) is 80.1 Å². The second kappa shape index (κ2) is 10.5. The van der Waals surface area contributed by atoms with Crippen LogP contribution in [-0.2, 0) is 14.8 Å². The fraction of sp³-hybridized carbons (Fsp3) is 0.276. The first-order valence-electron chi connectivity index (χ1n) is 12.5. The highest BCUT2D eigenvalue weighted by molar-refractivity contribution is 7.89. The maximum atomic E-state index is 13.2. The monoisotopic (exact) mass is 519 g/mol. The Kier molecular flexibility index (Phi) is 7.13. The highest BCUT2D eigenvalue weighted by Gasteiger charge is 2.30. The van der Waals surface area contributed by atoms with Crippen LogP contribution >= 0.6 is 0 Å². The van der Waals surface area contributed by atoms with Crippen LogP contribution in [0, 0.1) is 11.7 Å². The van der Waals surface area contributed by atoms with Crippen LogP contribution in [0.5, 0.6) is 0 Å². The third-order valence-electron chi connectivity index (χ3n) is 7.14. The summed E-state index contributed by atoms with van der Waals surface area (Å²) in [7, 11) is -3.70. The van der Waals surface area contributed by atoms with Gasteiger partial charge in [0.05, 0.1) is 10.9 Å². The van der Waals surface area contributed by atoms with Crippen LogP contribution in [0.1, 0.15) is 44.2 Å². The zero-order valence-corrected chi connectivity index (χ0v) is 21.4. The largest absolute Gasteiger partial charge is 0.355 e. The van der Waals surface area contributed by atoms with E-state index in [1.54, 1.807) is 30.3 Å². The smallest absolute Gasteiger partial charge is 0.240 e. The maximum absolute atomic E-state index is 13.2. The zero-order chi connectivity index (χ0) is 26.0. The molecule has 0 spiro atoms. The summed E-state index contributed by atoms with van der Waals surface area (Å²) in [5.74, 6) is -0.533. The van der Waals surface area contributed by atoms with Gasteiger partial charge in [0.15, 0.2) is 0 Å². The van der Waals surface area contributed by atoms with Crippen molar-refractivity contribution in [3.05, 3.63) is 90.2 Å². The minimum absolute atomic E-state index is 0.0507. The molecular formula is C29H30FN3O3S. The Morgan fingerprint density at radius 3 is 2.35 bits per heavy atom. The van der Waals surface area contributed by atoms with Gasteiger partial charge in [-0.15, -0.1) is 0 Å². The fourth-order valence-electron chi connectivity index (χ4n) is 4.98. The molecule has 1 fully saturated rings. The van der Waals surface area contributed by atoms with Crippen LogP contribution in [-0.4, -0.2) is 25.4 Å². The molecular weight excluding hydrogens is 489 g/mol. The summed E-state index contributed by atoms with van der Waals surface area (Å²) < 4.78 is 42.3. The lowest BCUT2D eigenvalue weighted by atomic mass is 9.85. The van der Waals surface area contributed by atoms with Crippen LogP contribution in [0.25, 0.3) is 22.2 Å². The van der Waals surface area contributed by atoms with Gasteiger partial charge in [0, 0.05) is 28.6 Å². The first kappa shape index (κ1) is 25.2. The van der Waals surface area contributed by atoms with Gasteiger partial charge in [0.25, 0.3) is 0 Å². The molecule has 1 amide bonds. The number of aromatic nitrogens is 1. The number of aromatic amines is 1. The molecule has 6 nitrogen and oxygen atoms in total. The molecule has 4 aromatic rings. The lowest BCUT2D eigenvalue weighted by Crippen LogP contribution is -2.41. The normalized spacial score (nSPS) is 19.0. The maximum Gasteiger partial charge on any atom is 0.240 e. The Labute approximate surface area is 216 Å². The molecule has 0 aliphatic heterocycles. The Hall–Kier alpha value is -3.49. The summed E-state index contributed by atoms with van der Waals surface area (Å²) >= 11 is 0. The minimum atomic E-state index is -3.70. The number of hydrogen-bond donors (Lipinski definition) is 3. The third-order valence-corrected chi connectivity index (χ3v) is 8.65. The Morgan fingerprint density at radius 2 is 1.65 bits per heavy atom. The molecule has 1 heterocycles. The van der Waals surface area contributed by atoms with Gasteiger partial charge >= 0.3 is 0 Å². The molecule has 192 valence electrons. The molecule has 3 N–H and O–H groups in total. The Morgan fingerprint density at radius 1 is 0.946 bits per heavy atom. The van der Waals surface area contributed by atoms with Crippen molar-refractivity contribution >= 4 is 26.8 Å². The predicted octanol–water partition coefficient (Wildman–Crippen LogP) is 5.69. The molecule has 1 atom stereocenters. The first-order chi connectivity index (χ1) is 17.8. The molecule has 3 aromatic carbocycles. The summed E-state index contributed by atoms with van der Waals surface area (Å²) in [5, 5.41) is 3.83. The third kappa shape index (κ3) is 5.76. The van der Waals surface area contributed by atoms with E-state index < -0.39 is 10.0 Å². The molecule has 8 heteroatoms. The Bertz CT molecular complexity index is 1490. The van der Waals surface area contributed by atoms with Gasteiger partial charge in [0.1, 0.15) is 5.82 Å². The van der Waals surface area contributed by atoms with Crippen LogP contribution in [0.2, 0.25) is 0 Å². The molecule has 37 heavy (non-hydrogen) atoms. The zero-order valence-electron chi connectivity index (χ0n) is 20.6. The van der Waals surface area contributed by atoms with Crippen molar-refractivity contribution in [3.8, 4) is 11.3 Å². The number of benzene rings is 3. The standard InChI is InChI=1S/C29H30FN3O3S/c1-19(20-7-11-24(30)12-8-20)31-29(34)22-9-13-25(14-10-22)33-37(35,36)26-15-16-27-23(17-26)18-28(32-27)21-5-3-2-4-6-21/h2-8,11-12,15-19,22,25,32-33H,9-10,13-14H2,1H3,(H,31,34)/t19-,22-,25-/m1/s1. The lowest BCUT2D eigenvalue weighted by molar-refractivity contribution is -0.126. The summed E-state index contributed by atoms with van der Waals surface area (Å²) in [5.41, 5.74) is 3.68. The average molecular weight is 520 g/mol. The van der Waals surface area contributed by atoms with E-state index in [4.69, 9.17) is 0 Å². The molecule has 0 unspecified atom stereocenters. The minimum Gasteiger partial charge on any atom is -0.355 e. The van der Waals surface area contributed by atoms with E-state index in [0.29, 0.717) is 25.7 Å². The second-order valence-electron chi connectivity index (χ2n) is 9.75. The van der Waals surface area contributed by atoms with Gasteiger partial charge in [0.2, 0.25) is 15.9 Å². The summed E-state index contributed by atoms with van der Waals surface area (Å²) in [6.07, 6.45) is 2.39. The van der Waals surface area contributed by atoms with Crippen molar-refractivity contribution in [2.45, 2.75) is 49.6 Å². The number of fused-ring (bicyclic) bond motifs is 1.